The summed E-state index contributed by atoms with van der Waals surface area (Å²) in [5.41, 5.74) is 7.59. The van der Waals surface area contributed by atoms with E-state index in [1.54, 1.807) is 12.3 Å². The summed E-state index contributed by atoms with van der Waals surface area (Å²) in [5.74, 6) is 2.14. The number of rotatable bonds is 3. The Balaban J connectivity index is 1.43. The van der Waals surface area contributed by atoms with Crippen molar-refractivity contribution in [2.75, 3.05) is 36.8 Å². The summed E-state index contributed by atoms with van der Waals surface area (Å²) in [5, 5.41) is 9.93. The van der Waals surface area contributed by atoms with E-state index in [0.717, 1.165) is 48.7 Å². The Hall–Kier alpha value is -3.24. The number of benzene rings is 1. The highest BCUT2D eigenvalue weighted by atomic mass is 15.3. The van der Waals surface area contributed by atoms with Gasteiger partial charge in [-0.05, 0) is 24.3 Å². The number of nitrogens with zero attached hydrogens (tertiary/aromatic N) is 6. The summed E-state index contributed by atoms with van der Waals surface area (Å²) in [6.45, 7) is 4.15. The molecule has 1 aliphatic rings. The van der Waals surface area contributed by atoms with Crippen LogP contribution in [0, 0.1) is 11.3 Å². The summed E-state index contributed by atoms with van der Waals surface area (Å²) >= 11 is 0. The van der Waals surface area contributed by atoms with Crippen molar-refractivity contribution < 1.29 is 0 Å². The molecule has 4 rings (SSSR count). The fraction of sp³-hybridized carbons (Fsp3) is 0.263. The molecule has 2 aromatic heterocycles. The van der Waals surface area contributed by atoms with Crippen LogP contribution >= 0.6 is 0 Å². The van der Waals surface area contributed by atoms with Gasteiger partial charge in [0, 0.05) is 37.8 Å². The van der Waals surface area contributed by atoms with Crippen molar-refractivity contribution in [1.82, 2.24) is 19.9 Å². The van der Waals surface area contributed by atoms with Crippen molar-refractivity contribution in [1.29, 1.82) is 5.26 Å². The highest BCUT2D eigenvalue weighted by Gasteiger charge is 2.19. The van der Waals surface area contributed by atoms with Crippen molar-refractivity contribution in [3.8, 4) is 6.07 Å². The number of para-hydroxylation sites is 1. The Morgan fingerprint density at radius 2 is 1.88 bits per heavy atom. The van der Waals surface area contributed by atoms with Crippen molar-refractivity contribution in [3.05, 3.63) is 54.0 Å². The molecule has 130 valence electrons. The standard InChI is InChI=1S/C19H19N7/c20-12-14-5-6-22-18(11-14)26-9-7-25(8-10-26)13-17-23-16-4-2-1-3-15(16)19(21)24-17/h1-6,11H,7-10,13H2,(H2,21,23,24). The SMILES string of the molecule is N#Cc1ccnc(N2CCN(Cc3nc(N)c4ccccc4n3)CC2)c1. The van der Waals surface area contributed by atoms with Crippen LogP contribution in [0.2, 0.25) is 0 Å². The molecule has 2 N–H and O–H groups in total. The summed E-state index contributed by atoms with van der Waals surface area (Å²) in [6.07, 6.45) is 1.69. The third kappa shape index (κ3) is 3.27. The minimum atomic E-state index is 0.529. The lowest BCUT2D eigenvalue weighted by atomic mass is 10.2. The molecule has 7 heteroatoms. The Kier molecular flexibility index (Phi) is 4.33. The first-order valence-electron chi connectivity index (χ1n) is 8.57. The van der Waals surface area contributed by atoms with Crippen LogP contribution in [0.5, 0.6) is 0 Å². The second kappa shape index (κ2) is 6.94. The summed E-state index contributed by atoms with van der Waals surface area (Å²) in [7, 11) is 0. The second-order valence-corrected chi connectivity index (χ2v) is 6.32. The minimum Gasteiger partial charge on any atom is -0.383 e. The molecule has 0 spiro atoms. The van der Waals surface area contributed by atoms with Crippen LogP contribution in [0.4, 0.5) is 11.6 Å². The maximum absolute atomic E-state index is 9.04. The number of piperazine rings is 1. The van der Waals surface area contributed by atoms with Gasteiger partial charge in [-0.2, -0.15) is 5.26 Å². The Bertz CT molecular complexity index is 971. The van der Waals surface area contributed by atoms with Crippen LogP contribution in [-0.2, 0) is 6.54 Å². The Morgan fingerprint density at radius 1 is 1.08 bits per heavy atom. The van der Waals surface area contributed by atoms with Gasteiger partial charge in [-0.15, -0.1) is 0 Å². The largest absolute Gasteiger partial charge is 0.383 e. The van der Waals surface area contributed by atoms with Crippen molar-refractivity contribution in [3.63, 3.8) is 0 Å². The number of fused-ring (bicyclic) bond motifs is 1. The predicted octanol–water partition coefficient (Wildman–Crippen LogP) is 1.80. The number of anilines is 2. The average molecular weight is 345 g/mol. The summed E-state index contributed by atoms with van der Waals surface area (Å²) in [4.78, 5) is 18.0. The average Bonchev–Trinajstić information content (AvgIpc) is 2.69. The van der Waals surface area contributed by atoms with E-state index in [1.807, 2.05) is 30.3 Å². The lowest BCUT2D eigenvalue weighted by Gasteiger charge is -2.35. The summed E-state index contributed by atoms with van der Waals surface area (Å²) < 4.78 is 0. The van der Waals surface area contributed by atoms with E-state index in [4.69, 9.17) is 11.0 Å². The zero-order valence-corrected chi connectivity index (χ0v) is 14.3. The van der Waals surface area contributed by atoms with Crippen molar-refractivity contribution in [2.45, 2.75) is 6.54 Å². The highest BCUT2D eigenvalue weighted by molar-refractivity contribution is 5.87. The Morgan fingerprint density at radius 3 is 2.69 bits per heavy atom. The molecule has 0 radical (unpaired) electrons. The van der Waals surface area contributed by atoms with Crippen molar-refractivity contribution in [2.24, 2.45) is 0 Å². The molecular formula is C19H19N7. The van der Waals surface area contributed by atoms with Crippen LogP contribution in [-0.4, -0.2) is 46.0 Å². The molecule has 1 fully saturated rings. The van der Waals surface area contributed by atoms with Gasteiger partial charge in [-0.1, -0.05) is 12.1 Å². The van der Waals surface area contributed by atoms with E-state index in [-0.39, 0.29) is 0 Å². The van der Waals surface area contributed by atoms with E-state index in [2.05, 4.69) is 30.8 Å². The fourth-order valence-electron chi connectivity index (χ4n) is 3.22. The molecule has 26 heavy (non-hydrogen) atoms. The molecular weight excluding hydrogens is 326 g/mol. The van der Waals surface area contributed by atoms with E-state index in [0.29, 0.717) is 17.9 Å². The maximum Gasteiger partial charge on any atom is 0.145 e. The first-order valence-corrected chi connectivity index (χ1v) is 8.57. The second-order valence-electron chi connectivity index (χ2n) is 6.32. The topological polar surface area (TPSA) is 95.0 Å². The smallest absolute Gasteiger partial charge is 0.145 e. The number of hydrogen-bond acceptors (Lipinski definition) is 7. The van der Waals surface area contributed by atoms with Gasteiger partial charge < -0.3 is 10.6 Å². The predicted molar refractivity (Wildman–Crippen MR) is 100 cm³/mol. The van der Waals surface area contributed by atoms with Crippen molar-refractivity contribution >= 4 is 22.5 Å². The third-order valence-corrected chi connectivity index (χ3v) is 4.61. The quantitative estimate of drug-likeness (QED) is 0.773. The van der Waals surface area contributed by atoms with Gasteiger partial charge in [-0.25, -0.2) is 15.0 Å². The molecule has 3 aromatic rings. The molecule has 0 amide bonds. The number of pyridine rings is 1. The maximum atomic E-state index is 9.04. The van der Waals surface area contributed by atoms with Gasteiger partial charge in [0.05, 0.1) is 23.7 Å². The molecule has 0 unspecified atom stereocenters. The fourth-order valence-corrected chi connectivity index (χ4v) is 3.22. The molecule has 1 aliphatic heterocycles. The zero-order chi connectivity index (χ0) is 17.9. The van der Waals surface area contributed by atoms with Crippen LogP contribution < -0.4 is 10.6 Å². The minimum absolute atomic E-state index is 0.529. The first-order chi connectivity index (χ1) is 12.7. The molecule has 0 saturated carbocycles. The van der Waals surface area contributed by atoms with Gasteiger partial charge in [0.1, 0.15) is 17.5 Å². The molecule has 1 saturated heterocycles. The van der Waals surface area contributed by atoms with E-state index < -0.39 is 0 Å². The van der Waals surface area contributed by atoms with Crippen LogP contribution in [0.3, 0.4) is 0 Å². The zero-order valence-electron chi connectivity index (χ0n) is 14.3. The first kappa shape index (κ1) is 16.2. The molecule has 0 aliphatic carbocycles. The van der Waals surface area contributed by atoms with E-state index in [1.165, 1.54) is 0 Å². The lowest BCUT2D eigenvalue weighted by molar-refractivity contribution is 0.244. The number of nitrogen functional groups attached to an aromatic ring is 1. The van der Waals surface area contributed by atoms with Gasteiger partial charge in [-0.3, -0.25) is 4.90 Å². The number of hydrogen-bond donors (Lipinski definition) is 1. The van der Waals surface area contributed by atoms with E-state index >= 15 is 0 Å². The molecule has 0 atom stereocenters. The van der Waals surface area contributed by atoms with Gasteiger partial charge in [0.2, 0.25) is 0 Å². The molecule has 1 aromatic carbocycles. The Labute approximate surface area is 151 Å². The van der Waals surface area contributed by atoms with Crippen LogP contribution in [0.15, 0.2) is 42.6 Å². The summed E-state index contributed by atoms with van der Waals surface area (Å²) in [6, 6.07) is 13.5. The number of nitriles is 1. The number of aromatic nitrogens is 3. The molecule has 0 bridgehead atoms. The van der Waals surface area contributed by atoms with Gasteiger partial charge in [0.15, 0.2) is 0 Å². The van der Waals surface area contributed by atoms with Crippen LogP contribution in [0.1, 0.15) is 11.4 Å². The van der Waals surface area contributed by atoms with Crippen LogP contribution in [0.25, 0.3) is 10.9 Å². The highest BCUT2D eigenvalue weighted by Crippen LogP contribution is 2.19. The van der Waals surface area contributed by atoms with Gasteiger partial charge in [0.25, 0.3) is 0 Å². The van der Waals surface area contributed by atoms with E-state index in [9.17, 15) is 0 Å². The molecule has 7 nitrogen and oxygen atoms in total. The monoisotopic (exact) mass is 345 g/mol. The number of nitrogens with two attached hydrogens (primary N) is 1. The lowest BCUT2D eigenvalue weighted by Crippen LogP contribution is -2.46. The normalized spacial score (nSPS) is 15.1. The van der Waals surface area contributed by atoms with Gasteiger partial charge >= 0.3 is 0 Å². The third-order valence-electron chi connectivity index (χ3n) is 4.61. The molecule has 3 heterocycles.